The van der Waals surface area contributed by atoms with E-state index in [1.54, 1.807) is 12.1 Å². The Morgan fingerprint density at radius 2 is 1.88 bits per heavy atom. The van der Waals surface area contributed by atoms with E-state index in [9.17, 15) is 9.50 Å². The van der Waals surface area contributed by atoms with E-state index in [2.05, 4.69) is 15.6 Å². The van der Waals surface area contributed by atoms with Crippen molar-refractivity contribution in [3.8, 4) is 0 Å². The lowest BCUT2D eigenvalue weighted by Gasteiger charge is -2.19. The highest BCUT2D eigenvalue weighted by Gasteiger charge is 2.10. The van der Waals surface area contributed by atoms with Crippen molar-refractivity contribution in [3.63, 3.8) is 0 Å². The number of hydrogen-bond donors (Lipinski definition) is 3. The fraction of sp³-hybridized carbons (Fsp3) is 0.316. The van der Waals surface area contributed by atoms with Gasteiger partial charge in [0.1, 0.15) is 5.82 Å². The molecule has 2 aromatic rings. The summed E-state index contributed by atoms with van der Waals surface area (Å²) in [5.41, 5.74) is 1.67. The molecule has 2 rings (SSSR count). The van der Waals surface area contributed by atoms with Crippen molar-refractivity contribution in [3.05, 3.63) is 70.5 Å². The van der Waals surface area contributed by atoms with E-state index in [1.807, 2.05) is 38.1 Å². The molecule has 3 N–H and O–H groups in total. The van der Waals surface area contributed by atoms with E-state index in [0.29, 0.717) is 23.1 Å². The van der Waals surface area contributed by atoms with Crippen molar-refractivity contribution in [2.24, 2.45) is 4.99 Å². The number of halogens is 3. The zero-order chi connectivity index (χ0) is 18.2. The summed E-state index contributed by atoms with van der Waals surface area (Å²) in [6, 6.07) is 13.4. The van der Waals surface area contributed by atoms with Crippen molar-refractivity contribution in [2.75, 3.05) is 13.1 Å². The number of aliphatic imine (C=N–C) groups is 1. The van der Waals surface area contributed by atoms with Gasteiger partial charge in [-0.2, -0.15) is 0 Å². The van der Waals surface area contributed by atoms with Gasteiger partial charge in [0.15, 0.2) is 5.96 Å². The number of benzene rings is 2. The molecule has 0 aromatic heterocycles. The Kier molecular flexibility index (Phi) is 9.90. The van der Waals surface area contributed by atoms with E-state index in [1.165, 1.54) is 12.1 Å². The first-order chi connectivity index (χ1) is 12.0. The molecule has 0 spiro atoms. The lowest BCUT2D eigenvalue weighted by molar-refractivity contribution is 0.187. The molecule has 2 unspecified atom stereocenters. The Labute approximate surface area is 175 Å². The molecule has 4 nitrogen and oxygen atoms in total. The van der Waals surface area contributed by atoms with Crippen LogP contribution < -0.4 is 10.6 Å². The van der Waals surface area contributed by atoms with Gasteiger partial charge in [0.25, 0.3) is 0 Å². The second-order valence-corrected chi connectivity index (χ2v) is 6.14. The van der Waals surface area contributed by atoms with Crippen LogP contribution in [0.1, 0.15) is 37.1 Å². The zero-order valence-corrected chi connectivity index (χ0v) is 17.8. The quantitative estimate of drug-likeness (QED) is 0.318. The number of aliphatic hydroxyl groups is 1. The summed E-state index contributed by atoms with van der Waals surface area (Å²) in [4.78, 5) is 4.42. The van der Waals surface area contributed by atoms with Crippen LogP contribution in [-0.4, -0.2) is 24.2 Å². The van der Waals surface area contributed by atoms with Gasteiger partial charge in [-0.05, 0) is 49.2 Å². The molecule has 0 heterocycles. The van der Waals surface area contributed by atoms with Gasteiger partial charge in [-0.25, -0.2) is 4.39 Å². The Balaban J connectivity index is 0.00000338. The van der Waals surface area contributed by atoms with Crippen LogP contribution in [-0.2, 0) is 0 Å². The smallest absolute Gasteiger partial charge is 0.191 e. The highest BCUT2D eigenvalue weighted by atomic mass is 127. The van der Waals surface area contributed by atoms with E-state index in [0.717, 1.165) is 5.56 Å². The first kappa shape index (κ1) is 22.7. The zero-order valence-electron chi connectivity index (χ0n) is 14.7. The minimum Gasteiger partial charge on any atom is -0.386 e. The normalized spacial score (nSPS) is 13.5. The van der Waals surface area contributed by atoms with Crippen LogP contribution in [0, 0.1) is 5.82 Å². The van der Waals surface area contributed by atoms with Crippen molar-refractivity contribution in [2.45, 2.75) is 26.0 Å². The van der Waals surface area contributed by atoms with Crippen LogP contribution >= 0.6 is 35.6 Å². The summed E-state index contributed by atoms with van der Waals surface area (Å²) in [6.45, 7) is 4.84. The van der Waals surface area contributed by atoms with Crippen LogP contribution in [0.15, 0.2) is 53.5 Å². The number of nitrogens with one attached hydrogen (secondary N) is 2. The molecule has 0 saturated heterocycles. The fourth-order valence-corrected chi connectivity index (χ4v) is 2.55. The molecule has 0 aliphatic carbocycles. The number of rotatable bonds is 6. The van der Waals surface area contributed by atoms with Crippen molar-refractivity contribution in [1.29, 1.82) is 0 Å². The number of guanidine groups is 1. The van der Waals surface area contributed by atoms with Crippen molar-refractivity contribution in [1.82, 2.24) is 10.6 Å². The van der Waals surface area contributed by atoms with E-state index >= 15 is 0 Å². The molecule has 0 aliphatic rings. The molecule has 2 atom stereocenters. The molecular formula is C19H24ClFIN3O. The predicted octanol–water partition coefficient (Wildman–Crippen LogP) is 4.45. The molecule has 0 bridgehead atoms. The van der Waals surface area contributed by atoms with E-state index in [-0.39, 0.29) is 42.4 Å². The third kappa shape index (κ3) is 7.09. The maximum Gasteiger partial charge on any atom is 0.191 e. The average Bonchev–Trinajstić information content (AvgIpc) is 2.60. The Morgan fingerprint density at radius 3 is 2.50 bits per heavy atom. The topological polar surface area (TPSA) is 56.7 Å². The first-order valence-corrected chi connectivity index (χ1v) is 8.61. The van der Waals surface area contributed by atoms with Gasteiger partial charge in [0, 0.05) is 11.6 Å². The largest absolute Gasteiger partial charge is 0.386 e. The number of nitrogens with zero attached hydrogens (tertiary/aromatic N) is 1. The second-order valence-electron chi connectivity index (χ2n) is 5.71. The fourth-order valence-electron chi connectivity index (χ4n) is 2.35. The number of aliphatic hydroxyl groups excluding tert-OH is 1. The lowest BCUT2D eigenvalue weighted by atomic mass is 10.1. The van der Waals surface area contributed by atoms with Gasteiger partial charge < -0.3 is 15.7 Å². The average molecular weight is 492 g/mol. The van der Waals surface area contributed by atoms with Crippen LogP contribution in [0.2, 0.25) is 5.02 Å². The Morgan fingerprint density at radius 1 is 1.19 bits per heavy atom. The molecule has 0 aliphatic heterocycles. The van der Waals surface area contributed by atoms with Gasteiger partial charge >= 0.3 is 0 Å². The first-order valence-electron chi connectivity index (χ1n) is 8.23. The van der Waals surface area contributed by atoms with Crippen molar-refractivity contribution >= 4 is 41.5 Å². The molecule has 26 heavy (non-hydrogen) atoms. The maximum atomic E-state index is 13.0. The molecule has 0 saturated carbocycles. The monoisotopic (exact) mass is 491 g/mol. The SMILES string of the molecule is CCNC(=NCC(O)c1ccc(F)cc1)NC(C)c1cccc(Cl)c1.I. The molecular weight excluding hydrogens is 468 g/mol. The maximum absolute atomic E-state index is 13.0. The van der Waals surface area contributed by atoms with Gasteiger partial charge in [0.05, 0.1) is 18.7 Å². The summed E-state index contributed by atoms with van der Waals surface area (Å²) in [6.07, 6.45) is -0.794. The Hall–Kier alpha value is -1.38. The highest BCUT2D eigenvalue weighted by Crippen LogP contribution is 2.17. The van der Waals surface area contributed by atoms with Gasteiger partial charge in [-0.15, -0.1) is 24.0 Å². The molecule has 7 heteroatoms. The highest BCUT2D eigenvalue weighted by molar-refractivity contribution is 14.0. The molecule has 0 amide bonds. The van der Waals surface area contributed by atoms with Gasteiger partial charge in [0.2, 0.25) is 0 Å². The van der Waals surface area contributed by atoms with Crippen LogP contribution in [0.5, 0.6) is 0 Å². The van der Waals surface area contributed by atoms with Crippen LogP contribution in [0.4, 0.5) is 4.39 Å². The summed E-state index contributed by atoms with van der Waals surface area (Å²) in [5.74, 6) is 0.265. The van der Waals surface area contributed by atoms with Gasteiger partial charge in [-0.3, -0.25) is 4.99 Å². The molecule has 142 valence electrons. The van der Waals surface area contributed by atoms with Crippen molar-refractivity contribution < 1.29 is 9.50 Å². The van der Waals surface area contributed by atoms with E-state index in [4.69, 9.17) is 11.6 Å². The molecule has 0 radical (unpaired) electrons. The summed E-state index contributed by atoms with van der Waals surface area (Å²) in [7, 11) is 0. The minimum absolute atomic E-state index is 0. The minimum atomic E-state index is -0.794. The van der Waals surface area contributed by atoms with Gasteiger partial charge in [-0.1, -0.05) is 35.9 Å². The van der Waals surface area contributed by atoms with E-state index < -0.39 is 6.10 Å². The molecule has 2 aromatic carbocycles. The summed E-state index contributed by atoms with van der Waals surface area (Å²) >= 11 is 6.03. The predicted molar refractivity (Wildman–Crippen MR) is 116 cm³/mol. The third-order valence-electron chi connectivity index (χ3n) is 3.72. The van der Waals surface area contributed by atoms with Crippen LogP contribution in [0.25, 0.3) is 0 Å². The number of hydrogen-bond acceptors (Lipinski definition) is 2. The summed E-state index contributed by atoms with van der Waals surface area (Å²) < 4.78 is 13.0. The van der Waals surface area contributed by atoms with Crippen LogP contribution in [0.3, 0.4) is 0 Å². The second kappa shape index (κ2) is 11.4. The molecule has 0 fully saturated rings. The standard InChI is InChI=1S/C19H23ClFN3O.HI/c1-3-22-19(24-13(2)15-5-4-6-16(20)11-15)23-12-18(25)14-7-9-17(21)10-8-14;/h4-11,13,18,25H,3,12H2,1-2H3,(H2,22,23,24);1H. The third-order valence-corrected chi connectivity index (χ3v) is 3.96. The summed E-state index contributed by atoms with van der Waals surface area (Å²) in [5, 5.41) is 17.3. The Bertz CT molecular complexity index is 712. The lowest BCUT2D eigenvalue weighted by Crippen LogP contribution is -2.39.